The van der Waals surface area contributed by atoms with Crippen LogP contribution in [0.15, 0.2) is 6.20 Å². The van der Waals surface area contributed by atoms with Crippen LogP contribution in [0.4, 0.5) is 13.9 Å². The number of nitrogens with zero attached hydrogens (tertiary/aromatic N) is 2. The van der Waals surface area contributed by atoms with E-state index in [1.54, 1.807) is 13.2 Å². The van der Waals surface area contributed by atoms with Crippen LogP contribution < -0.4 is 10.2 Å². The summed E-state index contributed by atoms with van der Waals surface area (Å²) in [6.07, 6.45) is -0.596. The summed E-state index contributed by atoms with van der Waals surface area (Å²) < 4.78 is 24.2. The standard InChI is InChI=1S/C9H15F2N3S/c1-3-12-4-7-5-13-9(15-7)14(2)6-8(10)11/h5,8,12H,3-4,6H2,1-2H3. The van der Waals surface area contributed by atoms with Crippen molar-refractivity contribution < 1.29 is 8.78 Å². The van der Waals surface area contributed by atoms with E-state index in [9.17, 15) is 8.78 Å². The minimum absolute atomic E-state index is 0.270. The Balaban J connectivity index is 2.51. The molecule has 15 heavy (non-hydrogen) atoms. The van der Waals surface area contributed by atoms with Crippen molar-refractivity contribution in [2.45, 2.75) is 19.9 Å². The van der Waals surface area contributed by atoms with Gasteiger partial charge in [0, 0.05) is 24.7 Å². The van der Waals surface area contributed by atoms with Gasteiger partial charge in [0.15, 0.2) is 5.13 Å². The van der Waals surface area contributed by atoms with Gasteiger partial charge >= 0.3 is 0 Å². The van der Waals surface area contributed by atoms with E-state index in [4.69, 9.17) is 0 Å². The van der Waals surface area contributed by atoms with E-state index in [-0.39, 0.29) is 6.54 Å². The van der Waals surface area contributed by atoms with Crippen LogP contribution in [0.3, 0.4) is 0 Å². The van der Waals surface area contributed by atoms with Crippen molar-refractivity contribution in [2.75, 3.05) is 25.0 Å². The van der Waals surface area contributed by atoms with E-state index in [0.29, 0.717) is 5.13 Å². The van der Waals surface area contributed by atoms with Crippen LogP contribution >= 0.6 is 11.3 Å². The van der Waals surface area contributed by atoms with Gasteiger partial charge in [-0.2, -0.15) is 0 Å². The second-order valence-electron chi connectivity index (χ2n) is 3.16. The summed E-state index contributed by atoms with van der Waals surface area (Å²) in [5.41, 5.74) is 0. The summed E-state index contributed by atoms with van der Waals surface area (Å²) in [7, 11) is 1.63. The van der Waals surface area contributed by atoms with Crippen LogP contribution in [-0.4, -0.2) is 31.5 Å². The Labute approximate surface area is 92.1 Å². The van der Waals surface area contributed by atoms with Gasteiger partial charge in [-0.05, 0) is 6.54 Å². The van der Waals surface area contributed by atoms with E-state index in [1.165, 1.54) is 16.2 Å². The molecule has 6 heteroatoms. The fraction of sp³-hybridized carbons (Fsp3) is 0.667. The van der Waals surface area contributed by atoms with Crippen LogP contribution in [0.1, 0.15) is 11.8 Å². The van der Waals surface area contributed by atoms with Crippen LogP contribution in [0, 0.1) is 0 Å². The third-order valence-corrected chi connectivity index (χ3v) is 2.94. The molecule has 1 rings (SSSR count). The van der Waals surface area contributed by atoms with Crippen molar-refractivity contribution in [1.82, 2.24) is 10.3 Å². The van der Waals surface area contributed by atoms with Crippen LogP contribution in [0.5, 0.6) is 0 Å². The van der Waals surface area contributed by atoms with Crippen molar-refractivity contribution in [3.8, 4) is 0 Å². The molecule has 0 radical (unpaired) electrons. The maximum Gasteiger partial charge on any atom is 0.255 e. The predicted molar refractivity (Wildman–Crippen MR) is 58.8 cm³/mol. The van der Waals surface area contributed by atoms with Crippen molar-refractivity contribution in [3.05, 3.63) is 11.1 Å². The lowest BCUT2D eigenvalue weighted by Crippen LogP contribution is -2.23. The average Bonchev–Trinajstić information content (AvgIpc) is 2.62. The van der Waals surface area contributed by atoms with Gasteiger partial charge < -0.3 is 10.2 Å². The molecule has 0 aliphatic heterocycles. The molecule has 0 bridgehead atoms. The summed E-state index contributed by atoms with van der Waals surface area (Å²) in [6, 6.07) is 0. The molecule has 0 atom stereocenters. The van der Waals surface area contributed by atoms with Crippen molar-refractivity contribution in [3.63, 3.8) is 0 Å². The van der Waals surface area contributed by atoms with E-state index < -0.39 is 6.43 Å². The van der Waals surface area contributed by atoms with Gasteiger partial charge in [0.2, 0.25) is 0 Å². The molecule has 86 valence electrons. The number of rotatable bonds is 6. The highest BCUT2D eigenvalue weighted by Crippen LogP contribution is 2.21. The first-order valence-electron chi connectivity index (χ1n) is 4.78. The molecule has 3 nitrogen and oxygen atoms in total. The third kappa shape index (κ3) is 4.09. The quantitative estimate of drug-likeness (QED) is 0.817. The number of alkyl halides is 2. The minimum atomic E-state index is -2.32. The largest absolute Gasteiger partial charge is 0.345 e. The highest BCUT2D eigenvalue weighted by Gasteiger charge is 2.11. The Kier molecular flexibility index (Phi) is 4.90. The van der Waals surface area contributed by atoms with Gasteiger partial charge in [-0.3, -0.25) is 0 Å². The van der Waals surface area contributed by atoms with Crippen molar-refractivity contribution in [1.29, 1.82) is 0 Å². The third-order valence-electron chi connectivity index (χ3n) is 1.83. The zero-order chi connectivity index (χ0) is 11.3. The molecule has 0 fully saturated rings. The molecule has 1 N–H and O–H groups in total. The molecular formula is C9H15F2N3S. The lowest BCUT2D eigenvalue weighted by atomic mass is 10.5. The number of anilines is 1. The molecule has 0 saturated heterocycles. The highest BCUT2D eigenvalue weighted by molar-refractivity contribution is 7.15. The molecule has 0 amide bonds. The molecule has 1 aromatic heterocycles. The van der Waals surface area contributed by atoms with E-state index in [0.717, 1.165) is 18.0 Å². The summed E-state index contributed by atoms with van der Waals surface area (Å²) in [6.45, 7) is 3.38. The Morgan fingerprint density at radius 1 is 1.60 bits per heavy atom. The molecule has 0 aliphatic rings. The Hall–Kier alpha value is -0.750. The first-order valence-corrected chi connectivity index (χ1v) is 5.59. The molecule has 0 aliphatic carbocycles. The summed E-state index contributed by atoms with van der Waals surface area (Å²) in [4.78, 5) is 6.63. The van der Waals surface area contributed by atoms with Gasteiger partial charge in [-0.15, -0.1) is 11.3 Å². The topological polar surface area (TPSA) is 28.2 Å². The van der Waals surface area contributed by atoms with Crippen LogP contribution in [-0.2, 0) is 6.54 Å². The fourth-order valence-electron chi connectivity index (χ4n) is 1.09. The van der Waals surface area contributed by atoms with E-state index in [2.05, 4.69) is 10.3 Å². The normalized spacial score (nSPS) is 11.0. The van der Waals surface area contributed by atoms with Gasteiger partial charge in [0.05, 0.1) is 6.54 Å². The lowest BCUT2D eigenvalue weighted by molar-refractivity contribution is 0.156. The van der Waals surface area contributed by atoms with Crippen LogP contribution in [0.25, 0.3) is 0 Å². The fourth-order valence-corrected chi connectivity index (χ4v) is 1.94. The molecule has 0 unspecified atom stereocenters. The zero-order valence-electron chi connectivity index (χ0n) is 8.83. The number of aromatic nitrogens is 1. The Morgan fingerprint density at radius 3 is 2.93 bits per heavy atom. The molecule has 0 spiro atoms. The summed E-state index contributed by atoms with van der Waals surface area (Å²) in [5, 5.41) is 3.80. The number of hydrogen-bond acceptors (Lipinski definition) is 4. The summed E-state index contributed by atoms with van der Waals surface area (Å²) >= 11 is 1.44. The van der Waals surface area contributed by atoms with Crippen molar-refractivity contribution in [2.24, 2.45) is 0 Å². The second-order valence-corrected chi connectivity index (χ2v) is 4.25. The maximum atomic E-state index is 12.1. The minimum Gasteiger partial charge on any atom is -0.345 e. The monoisotopic (exact) mass is 235 g/mol. The smallest absolute Gasteiger partial charge is 0.255 e. The first-order chi connectivity index (χ1) is 7.13. The lowest BCUT2D eigenvalue weighted by Gasteiger charge is -2.14. The number of thiazole rings is 1. The molecule has 0 aromatic carbocycles. The molecule has 1 heterocycles. The van der Waals surface area contributed by atoms with Gasteiger partial charge in [0.1, 0.15) is 0 Å². The SMILES string of the molecule is CCNCc1cnc(N(C)CC(F)F)s1. The number of nitrogens with one attached hydrogen (secondary N) is 1. The predicted octanol–water partition coefficient (Wildman–Crippen LogP) is 1.95. The Bertz CT molecular complexity index is 291. The van der Waals surface area contributed by atoms with E-state index in [1.807, 2.05) is 6.92 Å². The maximum absolute atomic E-state index is 12.1. The Morgan fingerprint density at radius 2 is 2.33 bits per heavy atom. The number of hydrogen-bond donors (Lipinski definition) is 1. The second kappa shape index (κ2) is 5.97. The molecule has 0 saturated carbocycles. The first kappa shape index (κ1) is 12.3. The molecule has 1 aromatic rings. The average molecular weight is 235 g/mol. The number of halogens is 2. The summed E-state index contributed by atoms with van der Waals surface area (Å²) in [5.74, 6) is 0. The molecular weight excluding hydrogens is 220 g/mol. The van der Waals surface area contributed by atoms with E-state index >= 15 is 0 Å². The van der Waals surface area contributed by atoms with Gasteiger partial charge in [-0.25, -0.2) is 13.8 Å². The van der Waals surface area contributed by atoms with Gasteiger partial charge in [-0.1, -0.05) is 6.92 Å². The van der Waals surface area contributed by atoms with Crippen molar-refractivity contribution >= 4 is 16.5 Å². The van der Waals surface area contributed by atoms with Gasteiger partial charge in [0.25, 0.3) is 6.43 Å². The highest BCUT2D eigenvalue weighted by atomic mass is 32.1. The zero-order valence-corrected chi connectivity index (χ0v) is 9.65. The van der Waals surface area contributed by atoms with Crippen LogP contribution in [0.2, 0.25) is 0 Å².